The van der Waals surface area contributed by atoms with Crippen molar-refractivity contribution >= 4 is 67.3 Å². The van der Waals surface area contributed by atoms with Gasteiger partial charge in [-0.05, 0) is 0 Å². The van der Waals surface area contributed by atoms with Gasteiger partial charge >= 0.3 is 87.1 Å². The first kappa shape index (κ1) is 16.0. The fourth-order valence-electron chi connectivity index (χ4n) is 0. The summed E-state index contributed by atoms with van der Waals surface area (Å²) in [6.45, 7) is 0. The molecule has 0 unspecified atom stereocenters. The van der Waals surface area contributed by atoms with Gasteiger partial charge in [0.2, 0.25) is 0 Å². The molecule has 0 aromatic heterocycles. The summed E-state index contributed by atoms with van der Waals surface area (Å²) in [6.07, 6.45) is 0. The zero-order valence-corrected chi connectivity index (χ0v) is 1.87. The molecule has 4 heteroatoms. The van der Waals surface area contributed by atoms with Crippen LogP contribution in [-0.2, 0) is 19.8 Å². The Labute approximate surface area is 85.2 Å². The van der Waals surface area contributed by atoms with Crippen molar-refractivity contribution in [2.45, 2.75) is 0 Å². The van der Waals surface area contributed by atoms with E-state index in [-0.39, 0.29) is 67.3 Å². The fraction of sp³-hybridized carbons (Fsp3) is 0. The Bertz CT molecular complexity index is 8.00. The van der Waals surface area contributed by atoms with Gasteiger partial charge in [0, 0.05) is 0 Å². The summed E-state index contributed by atoms with van der Waals surface area (Å²) in [6, 6.07) is 0. The molecule has 0 heterocycles. The van der Waals surface area contributed by atoms with E-state index >= 15 is 0 Å². The number of hydrogen-bond donors (Lipinski definition) is 0. The molecule has 4 heavy (non-hydrogen) atoms. The second-order valence-corrected chi connectivity index (χ2v) is 0. The minimum absolute atomic E-state index is 0. The van der Waals surface area contributed by atoms with Gasteiger partial charge < -0.3 is 0 Å². The fourth-order valence-corrected chi connectivity index (χ4v) is 0. The van der Waals surface area contributed by atoms with E-state index in [1.54, 1.807) is 0 Å². The molecule has 0 atom stereocenters. The molecule has 20 valence electrons. The zero-order valence-electron chi connectivity index (χ0n) is 0.762. The molecule has 0 bridgehead atoms. The van der Waals surface area contributed by atoms with Crippen molar-refractivity contribution in [1.82, 2.24) is 0 Å². The van der Waals surface area contributed by atoms with Crippen LogP contribution < -0.4 is 0 Å². The second kappa shape index (κ2) is 17.6. The third kappa shape index (κ3) is 8.82. The maximum absolute atomic E-state index is 8.00. The quantitative estimate of drug-likeness (QED) is 0.365. The third-order valence-corrected chi connectivity index (χ3v) is 0. The van der Waals surface area contributed by atoms with E-state index in [0.717, 1.165) is 0 Å². The van der Waals surface area contributed by atoms with Crippen LogP contribution in [0.1, 0.15) is 0 Å². The average Bonchev–Trinajstić information content (AvgIpc) is 1.00. The maximum atomic E-state index is 8.00. The van der Waals surface area contributed by atoms with Gasteiger partial charge in [-0.15, -0.1) is 0 Å². The van der Waals surface area contributed by atoms with Crippen LogP contribution in [0.4, 0.5) is 0 Å². The van der Waals surface area contributed by atoms with E-state index in [4.69, 9.17) is 3.83 Å². The first-order chi connectivity index (χ1) is 1.00. The van der Waals surface area contributed by atoms with Crippen molar-refractivity contribution in [3.8, 4) is 0 Å². The number of rotatable bonds is 0. The Morgan fingerprint density at radius 2 is 1.25 bits per heavy atom. The van der Waals surface area contributed by atoms with Gasteiger partial charge in [-0.2, -0.15) is 0 Å². The van der Waals surface area contributed by atoms with Crippen LogP contribution >= 0.6 is 0 Å². The molecule has 0 rings (SSSR count). The van der Waals surface area contributed by atoms with E-state index in [2.05, 4.69) is 0 Å². The molecular weight excluding hydrogens is 135 g/mol. The van der Waals surface area contributed by atoms with Crippen LogP contribution in [0.15, 0.2) is 0 Å². The molecule has 0 fully saturated rings. The molecule has 0 spiro atoms. The van der Waals surface area contributed by atoms with Crippen molar-refractivity contribution in [2.24, 2.45) is 0 Å². The molecule has 0 aliphatic carbocycles. The molecule has 1 nitrogen and oxygen atoms in total. The molecular formula is H3CaFeNaO. The first-order valence-corrected chi connectivity index (χ1v) is 0.595. The van der Waals surface area contributed by atoms with E-state index in [9.17, 15) is 0 Å². The predicted octanol–water partition coefficient (Wildman–Crippen LogP) is -1.69. The standard InChI is InChI=1S/Ca.Fe.Na.O.3H. The van der Waals surface area contributed by atoms with Gasteiger partial charge in [0.1, 0.15) is 0 Å². The Kier molecular flexibility index (Phi) is 70.3. The van der Waals surface area contributed by atoms with Gasteiger partial charge in [0.25, 0.3) is 0 Å². The van der Waals surface area contributed by atoms with Crippen molar-refractivity contribution in [2.75, 3.05) is 0 Å². The van der Waals surface area contributed by atoms with Crippen molar-refractivity contribution in [1.29, 1.82) is 0 Å². The Hall–Kier alpha value is 2.58. The van der Waals surface area contributed by atoms with Gasteiger partial charge in [-0.1, -0.05) is 0 Å². The van der Waals surface area contributed by atoms with Crippen molar-refractivity contribution < 1.29 is 19.8 Å². The summed E-state index contributed by atoms with van der Waals surface area (Å²) in [7, 11) is 0. The molecule has 0 saturated carbocycles. The van der Waals surface area contributed by atoms with Crippen LogP contribution in [0, 0.1) is 0 Å². The molecule has 0 aromatic carbocycles. The molecule has 0 N–H and O–H groups in total. The second-order valence-electron chi connectivity index (χ2n) is 0. The first-order valence-electron chi connectivity index (χ1n) is 0.144. The van der Waals surface area contributed by atoms with Crippen molar-refractivity contribution in [3.05, 3.63) is 0 Å². The van der Waals surface area contributed by atoms with E-state index in [1.165, 1.54) is 0 Å². The zero-order chi connectivity index (χ0) is 2.00. The Morgan fingerprint density at radius 1 is 1.25 bits per heavy atom. The topological polar surface area (TPSA) is 17.1 Å². The van der Waals surface area contributed by atoms with E-state index in [1.807, 2.05) is 15.9 Å². The normalized spacial score (nSPS) is 1.25. The molecule has 0 saturated heterocycles. The van der Waals surface area contributed by atoms with Gasteiger partial charge in [-0.25, -0.2) is 0 Å². The summed E-state index contributed by atoms with van der Waals surface area (Å²) in [5, 5.41) is 0. The van der Waals surface area contributed by atoms with Crippen LogP contribution in [0.5, 0.6) is 0 Å². The molecule has 0 radical (unpaired) electrons. The Morgan fingerprint density at radius 3 is 1.25 bits per heavy atom. The average molecular weight is 138 g/mol. The number of hydrogen-bond acceptors (Lipinski definition) is 1. The Balaban J connectivity index is -0.00000000500. The summed E-state index contributed by atoms with van der Waals surface area (Å²) in [5.74, 6) is 0. The van der Waals surface area contributed by atoms with Gasteiger partial charge in [-0.3, -0.25) is 0 Å². The monoisotopic (exact) mass is 138 g/mol. The molecule has 0 amide bonds. The summed E-state index contributed by atoms with van der Waals surface area (Å²) in [5.41, 5.74) is 0. The SMILES string of the molecule is [CaH2].[NaH].[O]=[Fe]. The van der Waals surface area contributed by atoms with Crippen LogP contribution in [0.25, 0.3) is 0 Å². The van der Waals surface area contributed by atoms with E-state index < -0.39 is 0 Å². The van der Waals surface area contributed by atoms with E-state index in [0.29, 0.717) is 0 Å². The summed E-state index contributed by atoms with van der Waals surface area (Å²) < 4.78 is 8.00. The molecule has 0 aliphatic heterocycles. The van der Waals surface area contributed by atoms with Crippen molar-refractivity contribution in [3.63, 3.8) is 0 Å². The van der Waals surface area contributed by atoms with Crippen LogP contribution in [-0.4, -0.2) is 67.3 Å². The van der Waals surface area contributed by atoms with Crippen LogP contribution in [0.3, 0.4) is 0 Å². The summed E-state index contributed by atoms with van der Waals surface area (Å²) in [4.78, 5) is 0. The third-order valence-electron chi connectivity index (χ3n) is 0. The predicted molar refractivity (Wildman–Crippen MR) is 16.4 cm³/mol. The summed E-state index contributed by atoms with van der Waals surface area (Å²) >= 11 is 2.00. The van der Waals surface area contributed by atoms with Gasteiger partial charge in [0.15, 0.2) is 0 Å². The molecule has 0 aliphatic rings. The molecule has 0 aromatic rings. The van der Waals surface area contributed by atoms with Crippen LogP contribution in [0.2, 0.25) is 0 Å². The van der Waals surface area contributed by atoms with Gasteiger partial charge in [0.05, 0.1) is 0 Å². The minimum atomic E-state index is 0.